The van der Waals surface area contributed by atoms with Crippen LogP contribution in [-0.4, -0.2) is 47.9 Å². The van der Waals surface area contributed by atoms with E-state index in [1.54, 1.807) is 31.4 Å². The van der Waals surface area contributed by atoms with E-state index in [9.17, 15) is 9.59 Å². The van der Waals surface area contributed by atoms with Crippen LogP contribution in [0.5, 0.6) is 5.75 Å². The van der Waals surface area contributed by atoms with Crippen molar-refractivity contribution in [2.75, 3.05) is 20.1 Å². The lowest BCUT2D eigenvalue weighted by atomic mass is 10.1. The maximum Gasteiger partial charge on any atom is 0.251 e. The molecule has 2 aromatic rings. The number of nitrogens with zero attached hydrogens (tertiary/aromatic N) is 2. The fourth-order valence-corrected chi connectivity index (χ4v) is 3.25. The molecular weight excluding hydrogens is 366 g/mol. The number of amides is 2. The Balaban J connectivity index is 1.53. The van der Waals surface area contributed by atoms with Gasteiger partial charge < -0.3 is 15.0 Å². The highest BCUT2D eigenvalue weighted by Gasteiger charge is 2.24. The summed E-state index contributed by atoms with van der Waals surface area (Å²) in [5, 5.41) is 3.16. The number of nitrogens with one attached hydrogen (secondary N) is 1. The minimum atomic E-state index is -0.191. The predicted octanol–water partition coefficient (Wildman–Crippen LogP) is 2.71. The second-order valence-electron chi connectivity index (χ2n) is 6.42. The monoisotopic (exact) mass is 387 g/mol. The summed E-state index contributed by atoms with van der Waals surface area (Å²) in [6.45, 7) is 1.26. The number of ether oxygens (including phenoxy) is 1. The van der Waals surface area contributed by atoms with Gasteiger partial charge in [-0.1, -0.05) is 23.7 Å². The number of pyridine rings is 1. The van der Waals surface area contributed by atoms with Crippen molar-refractivity contribution in [3.05, 3.63) is 58.9 Å². The summed E-state index contributed by atoms with van der Waals surface area (Å²) in [5.41, 5.74) is 1.10. The van der Waals surface area contributed by atoms with Crippen LogP contribution in [0.3, 0.4) is 0 Å². The second kappa shape index (κ2) is 8.86. The van der Waals surface area contributed by atoms with Crippen molar-refractivity contribution in [2.24, 2.45) is 0 Å². The highest BCUT2D eigenvalue weighted by molar-refractivity contribution is 6.32. The van der Waals surface area contributed by atoms with Crippen LogP contribution in [-0.2, 0) is 11.2 Å². The van der Waals surface area contributed by atoms with E-state index in [2.05, 4.69) is 10.3 Å². The van der Waals surface area contributed by atoms with Crippen LogP contribution in [0.1, 0.15) is 28.9 Å². The average Bonchev–Trinajstić information content (AvgIpc) is 2.70. The Hall–Kier alpha value is -2.60. The van der Waals surface area contributed by atoms with E-state index in [-0.39, 0.29) is 24.3 Å². The number of carbonyl (C=O) groups is 2. The smallest absolute Gasteiger partial charge is 0.251 e. The average molecular weight is 388 g/mol. The number of hydrogen-bond acceptors (Lipinski definition) is 4. The SMILES string of the molecule is CNC(=O)c1ccnc(CC(=O)N2CCC(Oc3ccccc3Cl)CC2)c1. The number of piperidine rings is 1. The van der Waals surface area contributed by atoms with Crippen molar-refractivity contribution >= 4 is 23.4 Å². The Bertz CT molecular complexity index is 820. The third-order valence-corrected chi connectivity index (χ3v) is 4.88. The van der Waals surface area contributed by atoms with Crippen molar-refractivity contribution in [2.45, 2.75) is 25.4 Å². The Kier molecular flexibility index (Phi) is 6.29. The minimum Gasteiger partial charge on any atom is -0.489 e. The third-order valence-electron chi connectivity index (χ3n) is 4.56. The lowest BCUT2D eigenvalue weighted by Gasteiger charge is -2.32. The highest BCUT2D eigenvalue weighted by atomic mass is 35.5. The maximum absolute atomic E-state index is 12.6. The number of likely N-dealkylation sites (tertiary alicyclic amines) is 1. The topological polar surface area (TPSA) is 71.5 Å². The molecule has 1 saturated heterocycles. The summed E-state index contributed by atoms with van der Waals surface area (Å²) in [6.07, 6.45) is 3.28. The van der Waals surface area contributed by atoms with Crippen LogP contribution in [0.25, 0.3) is 0 Å². The first kappa shape index (κ1) is 19.2. The number of carbonyl (C=O) groups excluding carboxylic acids is 2. The van der Waals surface area contributed by atoms with E-state index in [0.717, 1.165) is 12.8 Å². The molecule has 0 spiro atoms. The van der Waals surface area contributed by atoms with Crippen molar-refractivity contribution in [3.8, 4) is 5.75 Å². The fraction of sp³-hybridized carbons (Fsp3) is 0.350. The maximum atomic E-state index is 12.6. The number of para-hydroxylation sites is 1. The van der Waals surface area contributed by atoms with Gasteiger partial charge in [0.05, 0.1) is 17.1 Å². The van der Waals surface area contributed by atoms with Gasteiger partial charge in [0.25, 0.3) is 5.91 Å². The molecule has 0 bridgehead atoms. The summed E-state index contributed by atoms with van der Waals surface area (Å²) >= 11 is 6.13. The van der Waals surface area contributed by atoms with Crippen LogP contribution in [0, 0.1) is 0 Å². The van der Waals surface area contributed by atoms with Crippen LogP contribution in [0.2, 0.25) is 5.02 Å². The van der Waals surface area contributed by atoms with Crippen molar-refractivity contribution in [1.29, 1.82) is 0 Å². The number of aromatic nitrogens is 1. The summed E-state index contributed by atoms with van der Waals surface area (Å²) in [6, 6.07) is 10.7. The van der Waals surface area contributed by atoms with Gasteiger partial charge in [-0.05, 0) is 24.3 Å². The van der Waals surface area contributed by atoms with Crippen LogP contribution in [0.4, 0.5) is 0 Å². The first-order valence-electron chi connectivity index (χ1n) is 8.93. The second-order valence-corrected chi connectivity index (χ2v) is 6.83. The van der Waals surface area contributed by atoms with Gasteiger partial charge in [0.2, 0.25) is 5.91 Å². The molecule has 0 saturated carbocycles. The molecule has 7 heteroatoms. The highest BCUT2D eigenvalue weighted by Crippen LogP contribution is 2.26. The molecule has 2 amide bonds. The lowest BCUT2D eigenvalue weighted by molar-refractivity contribution is -0.132. The van der Waals surface area contributed by atoms with Crippen molar-refractivity contribution in [1.82, 2.24) is 15.2 Å². The van der Waals surface area contributed by atoms with Crippen LogP contribution >= 0.6 is 11.6 Å². The molecule has 27 heavy (non-hydrogen) atoms. The molecule has 1 aliphatic heterocycles. The zero-order chi connectivity index (χ0) is 19.2. The molecule has 3 rings (SSSR count). The van der Waals surface area contributed by atoms with E-state index in [1.165, 1.54) is 0 Å². The Morgan fingerprint density at radius 2 is 2.00 bits per heavy atom. The number of hydrogen-bond donors (Lipinski definition) is 1. The third kappa shape index (κ3) is 4.98. The van der Waals surface area contributed by atoms with Crippen molar-refractivity contribution in [3.63, 3.8) is 0 Å². The number of benzene rings is 1. The Morgan fingerprint density at radius 1 is 1.26 bits per heavy atom. The molecule has 142 valence electrons. The molecule has 2 heterocycles. The van der Waals surface area contributed by atoms with E-state index in [0.29, 0.717) is 35.1 Å². The van der Waals surface area contributed by atoms with Gasteiger partial charge in [0, 0.05) is 44.7 Å². The van der Waals surface area contributed by atoms with Gasteiger partial charge in [-0.3, -0.25) is 14.6 Å². The van der Waals surface area contributed by atoms with Gasteiger partial charge >= 0.3 is 0 Å². The molecule has 0 unspecified atom stereocenters. The first-order chi connectivity index (χ1) is 13.1. The molecule has 1 aromatic carbocycles. The summed E-state index contributed by atoms with van der Waals surface area (Å²) in [4.78, 5) is 30.3. The number of halogens is 1. The van der Waals surface area contributed by atoms with E-state index >= 15 is 0 Å². The molecule has 1 aliphatic rings. The van der Waals surface area contributed by atoms with E-state index < -0.39 is 0 Å². The van der Waals surface area contributed by atoms with Gasteiger partial charge in [-0.15, -0.1) is 0 Å². The first-order valence-corrected chi connectivity index (χ1v) is 9.30. The standard InChI is InChI=1S/C20H22ClN3O3/c1-22-20(26)14-6-9-23-15(12-14)13-19(25)24-10-7-16(8-11-24)27-18-5-3-2-4-17(18)21/h2-6,9,12,16H,7-8,10-11,13H2,1H3,(H,22,26). The Labute approximate surface area is 163 Å². The molecule has 6 nitrogen and oxygen atoms in total. The van der Waals surface area contributed by atoms with E-state index in [1.807, 2.05) is 23.1 Å². The Morgan fingerprint density at radius 3 is 2.70 bits per heavy atom. The van der Waals surface area contributed by atoms with E-state index in [4.69, 9.17) is 16.3 Å². The quantitative estimate of drug-likeness (QED) is 0.856. The summed E-state index contributed by atoms with van der Waals surface area (Å²) in [7, 11) is 1.57. The predicted molar refractivity (Wildman–Crippen MR) is 103 cm³/mol. The van der Waals surface area contributed by atoms with Gasteiger partial charge in [0.15, 0.2) is 0 Å². The lowest BCUT2D eigenvalue weighted by Crippen LogP contribution is -2.42. The van der Waals surface area contributed by atoms with Crippen molar-refractivity contribution < 1.29 is 14.3 Å². The molecule has 0 atom stereocenters. The zero-order valence-corrected chi connectivity index (χ0v) is 15.9. The minimum absolute atomic E-state index is 0.00718. The molecule has 0 aliphatic carbocycles. The molecule has 1 aromatic heterocycles. The summed E-state index contributed by atoms with van der Waals surface area (Å²) < 4.78 is 5.96. The van der Waals surface area contributed by atoms with Gasteiger partial charge in [0.1, 0.15) is 11.9 Å². The molecule has 0 radical (unpaired) electrons. The van der Waals surface area contributed by atoms with Crippen LogP contribution < -0.4 is 10.1 Å². The largest absolute Gasteiger partial charge is 0.489 e. The van der Waals surface area contributed by atoms with Gasteiger partial charge in [-0.2, -0.15) is 0 Å². The molecule has 1 N–H and O–H groups in total. The molecular formula is C20H22ClN3O3. The number of rotatable bonds is 5. The van der Waals surface area contributed by atoms with Crippen LogP contribution in [0.15, 0.2) is 42.6 Å². The fourth-order valence-electron chi connectivity index (χ4n) is 3.07. The zero-order valence-electron chi connectivity index (χ0n) is 15.2. The normalized spacial score (nSPS) is 14.7. The summed E-state index contributed by atoms with van der Waals surface area (Å²) in [5.74, 6) is 0.496. The van der Waals surface area contributed by atoms with Gasteiger partial charge in [-0.25, -0.2) is 0 Å². The molecule has 1 fully saturated rings.